The summed E-state index contributed by atoms with van der Waals surface area (Å²) in [5.74, 6) is -0.273. The predicted molar refractivity (Wildman–Crippen MR) is 102 cm³/mol. The van der Waals surface area contributed by atoms with Gasteiger partial charge in [-0.2, -0.15) is 0 Å². The molecule has 0 heterocycles. The second-order valence-corrected chi connectivity index (χ2v) is 7.27. The van der Waals surface area contributed by atoms with E-state index in [4.69, 9.17) is 9.47 Å². The van der Waals surface area contributed by atoms with Gasteiger partial charge < -0.3 is 20.1 Å². The van der Waals surface area contributed by atoms with Crippen molar-refractivity contribution in [1.29, 1.82) is 0 Å². The summed E-state index contributed by atoms with van der Waals surface area (Å²) in [5, 5.41) is 5.48. The molecule has 2 amide bonds. The number of hydrogen-bond donors (Lipinski definition) is 2. The van der Waals surface area contributed by atoms with E-state index in [1.807, 2.05) is 37.3 Å². The highest BCUT2D eigenvalue weighted by atomic mass is 16.6. The molecule has 0 aliphatic rings. The molecule has 0 radical (unpaired) electrons. The first kappa shape index (κ1) is 22.0. The predicted octanol–water partition coefficient (Wildman–Crippen LogP) is 3.40. The van der Waals surface area contributed by atoms with Crippen LogP contribution in [0.2, 0.25) is 0 Å². The first-order valence-electron chi connectivity index (χ1n) is 9.15. The van der Waals surface area contributed by atoms with Gasteiger partial charge in [0, 0.05) is 6.54 Å². The first-order chi connectivity index (χ1) is 12.2. The van der Waals surface area contributed by atoms with Gasteiger partial charge in [-0.25, -0.2) is 4.79 Å². The van der Waals surface area contributed by atoms with Crippen molar-refractivity contribution in [2.24, 2.45) is 0 Å². The largest absolute Gasteiger partial charge is 0.444 e. The zero-order chi connectivity index (χ0) is 19.6. The summed E-state index contributed by atoms with van der Waals surface area (Å²) in [5.41, 5.74) is 0.364. The fraction of sp³-hybridized carbons (Fsp3) is 0.600. The quantitative estimate of drug-likeness (QED) is 0.659. The van der Waals surface area contributed by atoms with E-state index in [2.05, 4.69) is 10.6 Å². The van der Waals surface area contributed by atoms with E-state index in [0.717, 1.165) is 18.4 Å². The average Bonchev–Trinajstić information content (AvgIpc) is 2.57. The van der Waals surface area contributed by atoms with Gasteiger partial charge in [0.05, 0.1) is 12.7 Å². The average molecular weight is 364 g/mol. The van der Waals surface area contributed by atoms with Crippen molar-refractivity contribution in [2.75, 3.05) is 6.54 Å². The Kier molecular flexibility index (Phi) is 9.13. The highest BCUT2D eigenvalue weighted by Crippen LogP contribution is 2.10. The molecule has 2 atom stereocenters. The van der Waals surface area contributed by atoms with Crippen LogP contribution in [-0.4, -0.2) is 36.3 Å². The van der Waals surface area contributed by atoms with Crippen LogP contribution in [0.3, 0.4) is 0 Å². The highest BCUT2D eigenvalue weighted by Gasteiger charge is 2.29. The summed E-state index contributed by atoms with van der Waals surface area (Å²) < 4.78 is 11.1. The lowest BCUT2D eigenvalue weighted by molar-refractivity contribution is -0.127. The molecule has 0 bridgehead atoms. The Hall–Kier alpha value is -2.08. The zero-order valence-electron chi connectivity index (χ0n) is 16.5. The number of benzene rings is 1. The lowest BCUT2D eigenvalue weighted by Gasteiger charge is -2.27. The van der Waals surface area contributed by atoms with Gasteiger partial charge in [-0.3, -0.25) is 4.79 Å². The number of hydrogen-bond acceptors (Lipinski definition) is 4. The topological polar surface area (TPSA) is 76.7 Å². The van der Waals surface area contributed by atoms with Crippen LogP contribution in [0, 0.1) is 0 Å². The molecule has 0 spiro atoms. The Morgan fingerprint density at radius 2 is 1.81 bits per heavy atom. The molecule has 6 heteroatoms. The number of nitrogens with one attached hydrogen (secondary N) is 2. The Bertz CT molecular complexity index is 555. The van der Waals surface area contributed by atoms with Gasteiger partial charge in [0.25, 0.3) is 0 Å². The molecule has 6 nitrogen and oxygen atoms in total. The van der Waals surface area contributed by atoms with E-state index in [1.165, 1.54) is 0 Å². The van der Waals surface area contributed by atoms with Crippen molar-refractivity contribution in [1.82, 2.24) is 10.6 Å². The molecule has 0 aromatic heterocycles. The molecular formula is C20H32N2O4. The summed E-state index contributed by atoms with van der Waals surface area (Å²) in [6.45, 7) is 10.1. The molecule has 146 valence electrons. The highest BCUT2D eigenvalue weighted by molar-refractivity contribution is 5.86. The standard InChI is InChI=1S/C20H32N2O4/c1-6-7-13-21-18(23)17(22-19(24)26-20(3,4)5)15(2)25-14-16-11-9-8-10-12-16/h8-12,15,17H,6-7,13-14H2,1-5H3,(H,21,23)(H,22,24)/t15-,17-/m0/s1. The minimum absolute atomic E-state index is 0.273. The minimum Gasteiger partial charge on any atom is -0.444 e. The van der Waals surface area contributed by atoms with Crippen LogP contribution in [0.15, 0.2) is 30.3 Å². The van der Waals surface area contributed by atoms with Gasteiger partial charge in [0.15, 0.2) is 0 Å². The third-order valence-electron chi connectivity index (χ3n) is 3.61. The second kappa shape index (κ2) is 10.8. The van der Waals surface area contributed by atoms with Gasteiger partial charge >= 0.3 is 6.09 Å². The van der Waals surface area contributed by atoms with Gasteiger partial charge in [0.2, 0.25) is 5.91 Å². The van der Waals surface area contributed by atoms with Crippen molar-refractivity contribution in [2.45, 2.75) is 71.8 Å². The van der Waals surface area contributed by atoms with E-state index in [1.54, 1.807) is 27.7 Å². The van der Waals surface area contributed by atoms with Gasteiger partial charge in [-0.05, 0) is 39.7 Å². The molecule has 0 saturated carbocycles. The van der Waals surface area contributed by atoms with Crippen molar-refractivity contribution in [3.05, 3.63) is 35.9 Å². The van der Waals surface area contributed by atoms with Crippen LogP contribution in [0.25, 0.3) is 0 Å². The van der Waals surface area contributed by atoms with Gasteiger partial charge in [-0.1, -0.05) is 43.7 Å². The van der Waals surface area contributed by atoms with Crippen molar-refractivity contribution >= 4 is 12.0 Å². The fourth-order valence-corrected chi connectivity index (χ4v) is 2.23. The van der Waals surface area contributed by atoms with Crippen LogP contribution in [0.4, 0.5) is 4.79 Å². The maximum absolute atomic E-state index is 12.5. The van der Waals surface area contributed by atoms with E-state index in [9.17, 15) is 9.59 Å². The van der Waals surface area contributed by atoms with Crippen molar-refractivity contribution in [3.8, 4) is 0 Å². The molecule has 0 unspecified atom stereocenters. The smallest absolute Gasteiger partial charge is 0.408 e. The molecule has 1 aromatic carbocycles. The molecule has 26 heavy (non-hydrogen) atoms. The summed E-state index contributed by atoms with van der Waals surface area (Å²) >= 11 is 0. The summed E-state index contributed by atoms with van der Waals surface area (Å²) in [4.78, 5) is 24.6. The molecule has 2 N–H and O–H groups in total. The van der Waals surface area contributed by atoms with E-state index >= 15 is 0 Å². The monoisotopic (exact) mass is 364 g/mol. The van der Waals surface area contributed by atoms with Crippen LogP contribution in [0.1, 0.15) is 53.0 Å². The SMILES string of the molecule is CCCCNC(=O)[C@@H](NC(=O)OC(C)(C)C)[C@H](C)OCc1ccccc1. The number of ether oxygens (including phenoxy) is 2. The fourth-order valence-electron chi connectivity index (χ4n) is 2.23. The van der Waals surface area contributed by atoms with Crippen molar-refractivity contribution in [3.63, 3.8) is 0 Å². The van der Waals surface area contributed by atoms with Crippen LogP contribution in [0.5, 0.6) is 0 Å². The number of alkyl carbamates (subject to hydrolysis) is 1. The Balaban J connectivity index is 2.71. The first-order valence-corrected chi connectivity index (χ1v) is 9.15. The number of rotatable bonds is 9. The molecule has 0 fully saturated rings. The lowest BCUT2D eigenvalue weighted by Crippen LogP contribution is -2.54. The normalized spacial score (nSPS) is 13.6. The summed E-state index contributed by atoms with van der Waals surface area (Å²) in [6, 6.07) is 8.86. The third-order valence-corrected chi connectivity index (χ3v) is 3.61. The Morgan fingerprint density at radius 1 is 1.15 bits per heavy atom. The van der Waals surface area contributed by atoms with Crippen LogP contribution >= 0.6 is 0 Å². The van der Waals surface area contributed by atoms with Gasteiger partial charge in [0.1, 0.15) is 11.6 Å². The van der Waals surface area contributed by atoms with E-state index < -0.39 is 23.8 Å². The lowest BCUT2D eigenvalue weighted by atomic mass is 10.1. The minimum atomic E-state index is -0.828. The van der Waals surface area contributed by atoms with Crippen LogP contribution < -0.4 is 10.6 Å². The van der Waals surface area contributed by atoms with E-state index in [0.29, 0.717) is 13.2 Å². The van der Waals surface area contributed by atoms with Gasteiger partial charge in [-0.15, -0.1) is 0 Å². The molecular weight excluding hydrogens is 332 g/mol. The second-order valence-electron chi connectivity index (χ2n) is 7.27. The van der Waals surface area contributed by atoms with E-state index in [-0.39, 0.29) is 5.91 Å². The maximum Gasteiger partial charge on any atom is 0.408 e. The molecule has 0 aliphatic carbocycles. The molecule has 0 saturated heterocycles. The number of carbonyl (C=O) groups is 2. The molecule has 1 rings (SSSR count). The molecule has 0 aliphatic heterocycles. The summed E-state index contributed by atoms with van der Waals surface area (Å²) in [6.07, 6.45) is 0.710. The van der Waals surface area contributed by atoms with Crippen LogP contribution in [-0.2, 0) is 20.9 Å². The third kappa shape index (κ3) is 8.85. The number of amides is 2. The number of carbonyl (C=O) groups excluding carboxylic acids is 2. The Morgan fingerprint density at radius 3 is 2.38 bits per heavy atom. The summed E-state index contributed by atoms with van der Waals surface area (Å²) in [7, 11) is 0. The number of unbranched alkanes of at least 4 members (excludes halogenated alkanes) is 1. The Labute approximate surface area is 156 Å². The zero-order valence-corrected chi connectivity index (χ0v) is 16.5. The maximum atomic E-state index is 12.5. The molecule has 1 aromatic rings. The van der Waals surface area contributed by atoms with Crippen molar-refractivity contribution < 1.29 is 19.1 Å².